The highest BCUT2D eigenvalue weighted by atomic mass is 16.5. The van der Waals surface area contributed by atoms with E-state index < -0.39 is 0 Å². The molecule has 0 radical (unpaired) electrons. The maximum Gasteiger partial charge on any atom is 0.0678 e. The third kappa shape index (κ3) is 3.79. The highest BCUT2D eigenvalue weighted by molar-refractivity contribution is 5.24. The van der Waals surface area contributed by atoms with Crippen LogP contribution >= 0.6 is 0 Å². The number of rotatable bonds is 6. The molecule has 1 aromatic carbocycles. The number of benzene rings is 1. The average Bonchev–Trinajstić information content (AvgIpc) is 2.79. The Balaban J connectivity index is 2.01. The van der Waals surface area contributed by atoms with Gasteiger partial charge in [0.2, 0.25) is 0 Å². The second kappa shape index (κ2) is 7.74. The van der Waals surface area contributed by atoms with E-state index in [1.54, 1.807) is 0 Å². The molecule has 0 saturated carbocycles. The van der Waals surface area contributed by atoms with E-state index in [9.17, 15) is 5.11 Å². The van der Waals surface area contributed by atoms with Gasteiger partial charge in [-0.25, -0.2) is 0 Å². The molecule has 4 heteroatoms. The molecule has 1 atom stereocenters. The third-order valence-corrected chi connectivity index (χ3v) is 4.24. The molecule has 1 aliphatic rings. The van der Waals surface area contributed by atoms with Crippen LogP contribution in [0.3, 0.4) is 0 Å². The highest BCUT2D eigenvalue weighted by Gasteiger charge is 2.30. The van der Waals surface area contributed by atoms with Crippen molar-refractivity contribution in [2.24, 2.45) is 0 Å². The number of hydrogen-bond donors (Lipinski definition) is 2. The van der Waals surface area contributed by atoms with Crippen LogP contribution in [0.2, 0.25) is 0 Å². The molecule has 1 saturated heterocycles. The quantitative estimate of drug-likeness (QED) is 0.821. The Morgan fingerprint density at radius 3 is 2.75 bits per heavy atom. The third-order valence-electron chi connectivity index (χ3n) is 4.24. The van der Waals surface area contributed by atoms with Gasteiger partial charge in [0.25, 0.3) is 0 Å². The summed E-state index contributed by atoms with van der Waals surface area (Å²) in [6.45, 7) is 4.83. The molecular weight excluding hydrogens is 252 g/mol. The molecule has 1 aliphatic heterocycles. The van der Waals surface area contributed by atoms with E-state index in [4.69, 9.17) is 4.74 Å². The Hall–Kier alpha value is -0.940. The van der Waals surface area contributed by atoms with Gasteiger partial charge in [0.15, 0.2) is 0 Å². The first-order chi connectivity index (χ1) is 9.80. The lowest BCUT2D eigenvalue weighted by Gasteiger charge is -2.34. The summed E-state index contributed by atoms with van der Waals surface area (Å²) in [7, 11) is 1.93. The standard InChI is InChI=1S/C16H26N2O2/c1-17-16(14-19,15-6-3-2-4-7-15)8-10-18-9-5-12-20-13-11-18/h2-4,6-7,17,19H,5,8-14H2,1H3. The van der Waals surface area contributed by atoms with E-state index in [-0.39, 0.29) is 12.1 Å². The fraction of sp³-hybridized carbons (Fsp3) is 0.625. The Kier molecular flexibility index (Phi) is 5.98. The number of likely N-dealkylation sites (N-methyl/N-ethyl adjacent to an activating group) is 1. The summed E-state index contributed by atoms with van der Waals surface area (Å²) >= 11 is 0. The van der Waals surface area contributed by atoms with Gasteiger partial charge in [-0.3, -0.25) is 0 Å². The molecule has 2 N–H and O–H groups in total. The van der Waals surface area contributed by atoms with Crippen LogP contribution in [0.5, 0.6) is 0 Å². The summed E-state index contributed by atoms with van der Waals surface area (Å²) in [6.07, 6.45) is 1.99. The van der Waals surface area contributed by atoms with Crippen LogP contribution in [0.15, 0.2) is 30.3 Å². The second-order valence-electron chi connectivity index (χ2n) is 5.41. The Bertz CT molecular complexity index is 371. The summed E-state index contributed by atoms with van der Waals surface area (Å²) < 4.78 is 5.49. The zero-order valence-corrected chi connectivity index (χ0v) is 12.3. The molecule has 2 rings (SSSR count). The fourth-order valence-corrected chi connectivity index (χ4v) is 2.79. The van der Waals surface area contributed by atoms with Crippen molar-refractivity contribution in [1.29, 1.82) is 0 Å². The van der Waals surface area contributed by atoms with E-state index in [0.717, 1.165) is 51.3 Å². The van der Waals surface area contributed by atoms with Crippen LogP contribution in [-0.2, 0) is 10.3 Å². The van der Waals surface area contributed by atoms with E-state index in [1.165, 1.54) is 0 Å². The minimum Gasteiger partial charge on any atom is -0.394 e. The van der Waals surface area contributed by atoms with Gasteiger partial charge in [-0.2, -0.15) is 0 Å². The van der Waals surface area contributed by atoms with Crippen molar-refractivity contribution in [3.05, 3.63) is 35.9 Å². The van der Waals surface area contributed by atoms with Crippen LogP contribution < -0.4 is 5.32 Å². The van der Waals surface area contributed by atoms with Crippen LogP contribution in [-0.4, -0.2) is 56.5 Å². The monoisotopic (exact) mass is 278 g/mol. The van der Waals surface area contributed by atoms with Gasteiger partial charge in [0.1, 0.15) is 0 Å². The summed E-state index contributed by atoms with van der Waals surface area (Å²) in [5.74, 6) is 0. The van der Waals surface area contributed by atoms with Crippen molar-refractivity contribution in [3.8, 4) is 0 Å². The van der Waals surface area contributed by atoms with E-state index in [2.05, 4.69) is 22.3 Å². The predicted molar refractivity (Wildman–Crippen MR) is 80.8 cm³/mol. The van der Waals surface area contributed by atoms with E-state index in [1.807, 2.05) is 25.2 Å². The SMILES string of the molecule is CNC(CO)(CCN1CCCOCC1)c1ccccc1. The smallest absolute Gasteiger partial charge is 0.0678 e. The van der Waals surface area contributed by atoms with Crippen molar-refractivity contribution >= 4 is 0 Å². The zero-order chi connectivity index (χ0) is 14.3. The molecule has 0 aliphatic carbocycles. The highest BCUT2D eigenvalue weighted by Crippen LogP contribution is 2.24. The summed E-state index contributed by atoms with van der Waals surface area (Å²) in [6, 6.07) is 10.2. The molecule has 0 aromatic heterocycles. The van der Waals surface area contributed by atoms with Gasteiger partial charge in [-0.05, 0) is 25.5 Å². The van der Waals surface area contributed by atoms with Crippen LogP contribution in [0.25, 0.3) is 0 Å². The second-order valence-corrected chi connectivity index (χ2v) is 5.41. The van der Waals surface area contributed by atoms with Crippen molar-refractivity contribution in [1.82, 2.24) is 10.2 Å². The summed E-state index contributed by atoms with van der Waals surface area (Å²) in [4.78, 5) is 2.43. The molecule has 1 aromatic rings. The number of ether oxygens (including phenoxy) is 1. The Morgan fingerprint density at radius 2 is 2.05 bits per heavy atom. The molecule has 1 unspecified atom stereocenters. The predicted octanol–water partition coefficient (Wildman–Crippen LogP) is 1.21. The lowest BCUT2D eigenvalue weighted by molar-refractivity contribution is 0.126. The van der Waals surface area contributed by atoms with Gasteiger partial charge in [0, 0.05) is 26.2 Å². The van der Waals surface area contributed by atoms with Gasteiger partial charge >= 0.3 is 0 Å². The van der Waals surface area contributed by atoms with Crippen LogP contribution in [0, 0.1) is 0 Å². The van der Waals surface area contributed by atoms with Crippen molar-refractivity contribution in [3.63, 3.8) is 0 Å². The summed E-state index contributed by atoms with van der Waals surface area (Å²) in [5.41, 5.74) is 0.796. The number of nitrogens with zero attached hydrogens (tertiary/aromatic N) is 1. The van der Waals surface area contributed by atoms with Gasteiger partial charge in [0.05, 0.1) is 18.8 Å². The van der Waals surface area contributed by atoms with Crippen LogP contribution in [0.4, 0.5) is 0 Å². The molecule has 0 amide bonds. The Morgan fingerprint density at radius 1 is 1.25 bits per heavy atom. The zero-order valence-electron chi connectivity index (χ0n) is 12.3. The normalized spacial score (nSPS) is 20.3. The Labute approximate surface area is 121 Å². The van der Waals surface area contributed by atoms with E-state index >= 15 is 0 Å². The molecule has 4 nitrogen and oxygen atoms in total. The molecule has 0 spiro atoms. The minimum absolute atomic E-state index is 0.109. The number of aliphatic hydroxyl groups is 1. The first-order valence-corrected chi connectivity index (χ1v) is 7.46. The largest absolute Gasteiger partial charge is 0.394 e. The summed E-state index contributed by atoms with van der Waals surface area (Å²) in [5, 5.41) is 13.2. The van der Waals surface area contributed by atoms with Gasteiger partial charge in [-0.15, -0.1) is 0 Å². The van der Waals surface area contributed by atoms with Crippen molar-refractivity contribution in [2.75, 3.05) is 46.5 Å². The number of aliphatic hydroxyl groups excluding tert-OH is 1. The van der Waals surface area contributed by atoms with Gasteiger partial charge < -0.3 is 20.1 Å². The first kappa shape index (κ1) is 15.4. The molecule has 112 valence electrons. The topological polar surface area (TPSA) is 44.7 Å². The molecular formula is C16H26N2O2. The van der Waals surface area contributed by atoms with Crippen LogP contribution in [0.1, 0.15) is 18.4 Å². The van der Waals surface area contributed by atoms with Crippen molar-refractivity contribution < 1.29 is 9.84 Å². The lowest BCUT2D eigenvalue weighted by atomic mass is 9.87. The lowest BCUT2D eigenvalue weighted by Crippen LogP contribution is -2.46. The molecule has 1 heterocycles. The maximum atomic E-state index is 9.91. The van der Waals surface area contributed by atoms with Gasteiger partial charge in [-0.1, -0.05) is 30.3 Å². The maximum absolute atomic E-state index is 9.91. The minimum atomic E-state index is -0.353. The molecule has 1 fully saturated rings. The average molecular weight is 278 g/mol. The number of nitrogens with one attached hydrogen (secondary N) is 1. The van der Waals surface area contributed by atoms with Crippen molar-refractivity contribution in [2.45, 2.75) is 18.4 Å². The first-order valence-electron chi connectivity index (χ1n) is 7.46. The molecule has 20 heavy (non-hydrogen) atoms. The fourth-order valence-electron chi connectivity index (χ4n) is 2.79. The van der Waals surface area contributed by atoms with E-state index in [0.29, 0.717) is 0 Å². The molecule has 0 bridgehead atoms. The number of hydrogen-bond acceptors (Lipinski definition) is 4.